The van der Waals surface area contributed by atoms with E-state index in [9.17, 15) is 10.2 Å². The Morgan fingerprint density at radius 3 is 2.43 bits per heavy atom. The number of aromatic hydroxyl groups is 2. The first-order valence-corrected chi connectivity index (χ1v) is 12.3. The summed E-state index contributed by atoms with van der Waals surface area (Å²) in [5.74, 6) is 1.89. The Morgan fingerprint density at radius 1 is 0.971 bits per heavy atom. The van der Waals surface area contributed by atoms with Crippen molar-refractivity contribution in [2.24, 2.45) is 0 Å². The number of nitrogens with zero attached hydrogens (tertiary/aromatic N) is 1. The predicted octanol–water partition coefficient (Wildman–Crippen LogP) is 3.88. The molecule has 35 heavy (non-hydrogen) atoms. The number of likely N-dealkylation sites (N-methyl/N-ethyl adjacent to an activating group) is 1. The summed E-state index contributed by atoms with van der Waals surface area (Å²) in [6.07, 6.45) is 5.62. The lowest BCUT2D eigenvalue weighted by atomic mass is 9.37. The van der Waals surface area contributed by atoms with Crippen molar-refractivity contribution in [2.45, 2.75) is 41.4 Å². The molecule has 3 aromatic carbocycles. The van der Waals surface area contributed by atoms with Crippen molar-refractivity contribution < 1.29 is 24.4 Å². The zero-order valence-electron chi connectivity index (χ0n) is 20.0. The summed E-state index contributed by atoms with van der Waals surface area (Å²) < 4.78 is 19.1. The maximum Gasteiger partial charge on any atom is 0.166 e. The molecule has 2 heterocycles. The second-order valence-electron chi connectivity index (χ2n) is 10.7. The number of methoxy groups -OCH3 is 2. The smallest absolute Gasteiger partial charge is 0.166 e. The summed E-state index contributed by atoms with van der Waals surface area (Å²) in [4.78, 5) is 2.42. The van der Waals surface area contributed by atoms with E-state index in [2.05, 4.69) is 30.2 Å². The van der Waals surface area contributed by atoms with E-state index >= 15 is 0 Å². The van der Waals surface area contributed by atoms with Crippen LogP contribution in [0.3, 0.4) is 0 Å². The van der Waals surface area contributed by atoms with Crippen LogP contribution in [0, 0.1) is 0 Å². The molecule has 178 valence electrons. The summed E-state index contributed by atoms with van der Waals surface area (Å²) in [6, 6.07) is 11.8. The largest absolute Gasteiger partial charge is 0.507 e. The van der Waals surface area contributed by atoms with Crippen LogP contribution < -0.4 is 9.47 Å². The molecule has 6 nitrogen and oxygen atoms in total. The number of likely N-dealkylation sites (tertiary alicyclic amines) is 1. The molecule has 9 rings (SSSR count). The van der Waals surface area contributed by atoms with Crippen molar-refractivity contribution in [3.8, 4) is 23.0 Å². The molecule has 0 radical (unpaired) electrons. The summed E-state index contributed by atoms with van der Waals surface area (Å²) in [5, 5.41) is 25.1. The Balaban J connectivity index is 1.61. The molecule has 0 saturated carbocycles. The number of phenolic OH excluding ortho intramolecular Hbond substituents is 2. The first-order chi connectivity index (χ1) is 17.0. The fourth-order valence-electron chi connectivity index (χ4n) is 8.66. The zero-order chi connectivity index (χ0) is 23.9. The summed E-state index contributed by atoms with van der Waals surface area (Å²) in [6.45, 7) is 0.908. The van der Waals surface area contributed by atoms with Crippen molar-refractivity contribution in [2.75, 3.05) is 27.8 Å². The molecule has 0 aromatic heterocycles. The van der Waals surface area contributed by atoms with Gasteiger partial charge in [-0.05, 0) is 44.1 Å². The van der Waals surface area contributed by atoms with Gasteiger partial charge in [-0.1, -0.05) is 36.4 Å². The predicted molar refractivity (Wildman–Crippen MR) is 131 cm³/mol. The quantitative estimate of drug-likeness (QED) is 0.439. The maximum atomic E-state index is 12.0. The van der Waals surface area contributed by atoms with Crippen molar-refractivity contribution in [1.82, 2.24) is 4.90 Å². The lowest BCUT2D eigenvalue weighted by Crippen LogP contribution is -2.77. The molecule has 2 N–H and O–H groups in total. The normalized spacial score (nSPS) is 35.1. The van der Waals surface area contributed by atoms with Gasteiger partial charge >= 0.3 is 0 Å². The van der Waals surface area contributed by atoms with Gasteiger partial charge in [-0.2, -0.15) is 0 Å². The number of fused-ring (bicyclic) bond motifs is 1. The molecule has 4 bridgehead atoms. The molecule has 1 saturated heterocycles. The Bertz CT molecular complexity index is 1510. The van der Waals surface area contributed by atoms with Crippen LogP contribution in [0.4, 0.5) is 0 Å². The molecule has 4 aliphatic carbocycles. The van der Waals surface area contributed by atoms with Crippen molar-refractivity contribution in [3.05, 3.63) is 70.8 Å². The van der Waals surface area contributed by atoms with E-state index in [1.54, 1.807) is 14.2 Å². The highest BCUT2D eigenvalue weighted by atomic mass is 16.6. The Morgan fingerprint density at radius 2 is 1.71 bits per heavy atom. The molecule has 6 aliphatic rings. The van der Waals surface area contributed by atoms with Crippen LogP contribution >= 0.6 is 0 Å². The van der Waals surface area contributed by atoms with E-state index < -0.39 is 22.5 Å². The number of benzene rings is 3. The molecule has 3 aromatic rings. The third kappa shape index (κ3) is 1.78. The van der Waals surface area contributed by atoms with E-state index in [0.717, 1.165) is 30.7 Å². The molecule has 2 spiro atoms. The van der Waals surface area contributed by atoms with E-state index in [1.165, 1.54) is 11.1 Å². The fourth-order valence-corrected chi connectivity index (χ4v) is 8.66. The van der Waals surface area contributed by atoms with Crippen LogP contribution in [0.5, 0.6) is 23.0 Å². The molecule has 0 amide bonds. The number of rotatable bonds is 2. The standard InChI is InChI=1S/C29H27NO5/c1-30-13-12-28-20-15-8-9-18(33-2)25(20)35-26(28)29(34-3)11-10-27(28,19(30)14-15)21-22(29)24(32)17-7-5-4-6-16(17)23(21)31/h4-11,19,26,31-32H,12-14H2,1-3H3/t19-,26-,27+,28+,29-/m1/s1. The number of piperidine rings is 1. The van der Waals surface area contributed by atoms with Crippen LogP contribution in [-0.2, 0) is 27.6 Å². The summed E-state index contributed by atoms with van der Waals surface area (Å²) >= 11 is 0. The Hall–Kier alpha value is -3.22. The molecular weight excluding hydrogens is 442 g/mol. The lowest BCUT2D eigenvalue weighted by Gasteiger charge is -2.69. The minimum absolute atomic E-state index is 0.0887. The molecular formula is C29H27NO5. The Labute approximate surface area is 203 Å². The number of hydrogen-bond acceptors (Lipinski definition) is 6. The Kier molecular flexibility index (Phi) is 3.40. The molecule has 5 atom stereocenters. The van der Waals surface area contributed by atoms with E-state index in [4.69, 9.17) is 14.2 Å². The van der Waals surface area contributed by atoms with Crippen molar-refractivity contribution >= 4 is 10.8 Å². The van der Waals surface area contributed by atoms with Gasteiger partial charge in [-0.3, -0.25) is 0 Å². The van der Waals surface area contributed by atoms with Gasteiger partial charge in [0.1, 0.15) is 17.6 Å². The fraction of sp³-hybridized carbons (Fsp3) is 0.379. The average Bonchev–Trinajstić information content (AvgIpc) is 3.26. The minimum Gasteiger partial charge on any atom is -0.507 e. The van der Waals surface area contributed by atoms with E-state index in [1.807, 2.05) is 30.3 Å². The first-order valence-electron chi connectivity index (χ1n) is 12.3. The summed E-state index contributed by atoms with van der Waals surface area (Å²) in [5.41, 5.74) is 1.79. The zero-order valence-corrected chi connectivity index (χ0v) is 20.0. The molecule has 1 fully saturated rings. The van der Waals surface area contributed by atoms with E-state index in [0.29, 0.717) is 22.1 Å². The van der Waals surface area contributed by atoms with Gasteiger partial charge in [0.15, 0.2) is 17.1 Å². The highest BCUT2D eigenvalue weighted by Crippen LogP contribution is 2.76. The second kappa shape index (κ2) is 5.94. The van der Waals surface area contributed by atoms with Gasteiger partial charge in [-0.25, -0.2) is 0 Å². The lowest BCUT2D eigenvalue weighted by molar-refractivity contribution is -0.145. The van der Waals surface area contributed by atoms with Gasteiger partial charge in [0.25, 0.3) is 0 Å². The number of phenols is 2. The first kappa shape index (κ1) is 20.0. The molecule has 0 unspecified atom stereocenters. The third-order valence-electron chi connectivity index (χ3n) is 9.91. The minimum atomic E-state index is -1.05. The van der Waals surface area contributed by atoms with Gasteiger partial charge in [0.2, 0.25) is 0 Å². The van der Waals surface area contributed by atoms with Crippen LogP contribution in [0.1, 0.15) is 28.7 Å². The average molecular weight is 470 g/mol. The van der Waals surface area contributed by atoms with Gasteiger partial charge in [0, 0.05) is 46.0 Å². The van der Waals surface area contributed by atoms with Gasteiger partial charge in [-0.15, -0.1) is 0 Å². The van der Waals surface area contributed by atoms with Crippen molar-refractivity contribution in [1.29, 1.82) is 0 Å². The van der Waals surface area contributed by atoms with Gasteiger partial charge in [0.05, 0.1) is 12.5 Å². The number of ether oxygens (including phenoxy) is 3. The topological polar surface area (TPSA) is 71.4 Å². The van der Waals surface area contributed by atoms with Gasteiger partial charge < -0.3 is 29.3 Å². The van der Waals surface area contributed by atoms with E-state index in [-0.39, 0.29) is 17.5 Å². The highest BCUT2D eigenvalue weighted by molar-refractivity contribution is 5.98. The van der Waals surface area contributed by atoms with Crippen LogP contribution in [0.15, 0.2) is 48.6 Å². The number of hydrogen-bond donors (Lipinski definition) is 2. The maximum absolute atomic E-state index is 12.0. The van der Waals surface area contributed by atoms with Crippen LogP contribution in [-0.4, -0.2) is 55.1 Å². The monoisotopic (exact) mass is 469 g/mol. The molecule has 6 heteroatoms. The summed E-state index contributed by atoms with van der Waals surface area (Å²) in [7, 11) is 5.52. The SMILES string of the molecule is COc1ccc2c3c1O[C@@H]1[C@]34CCN(C)[C@H](C2)[C@]42C=C[C@@]1(OC)c1c2c(O)c2ccccc2c1O. The van der Waals surface area contributed by atoms with Crippen LogP contribution in [0.25, 0.3) is 10.8 Å². The van der Waals surface area contributed by atoms with Crippen LogP contribution in [0.2, 0.25) is 0 Å². The molecule has 2 aliphatic heterocycles. The van der Waals surface area contributed by atoms with Crippen molar-refractivity contribution in [3.63, 3.8) is 0 Å². The second-order valence-corrected chi connectivity index (χ2v) is 10.7. The highest BCUT2D eigenvalue weighted by Gasteiger charge is 2.79. The third-order valence-corrected chi connectivity index (χ3v) is 9.91.